The van der Waals surface area contributed by atoms with Crippen LogP contribution in [0.4, 0.5) is 20.6 Å². The average Bonchev–Trinajstić information content (AvgIpc) is 2.81. The first-order valence-electron chi connectivity index (χ1n) is 12.0. The van der Waals surface area contributed by atoms with Crippen molar-refractivity contribution in [1.82, 2.24) is 5.32 Å². The fraction of sp³-hybridized carbons (Fsp3) is 0.321. The number of benzene rings is 2. The van der Waals surface area contributed by atoms with Gasteiger partial charge in [-0.1, -0.05) is 13.0 Å². The molecule has 0 aromatic heterocycles. The third-order valence-electron chi connectivity index (χ3n) is 6.35. The Kier molecular flexibility index (Phi) is 6.71. The van der Waals surface area contributed by atoms with Crippen molar-refractivity contribution in [2.24, 2.45) is 0 Å². The van der Waals surface area contributed by atoms with Gasteiger partial charge in [0, 0.05) is 23.4 Å². The molecule has 0 saturated carbocycles. The lowest BCUT2D eigenvalue weighted by atomic mass is 9.87. The summed E-state index contributed by atoms with van der Waals surface area (Å²) in [5.41, 5.74) is 2.33. The molecule has 1 saturated heterocycles. The highest BCUT2D eigenvalue weighted by molar-refractivity contribution is 6.39. The number of halogens is 1. The molecular formula is C28H30FN3O4. The van der Waals surface area contributed by atoms with Gasteiger partial charge < -0.3 is 9.64 Å². The van der Waals surface area contributed by atoms with Gasteiger partial charge >= 0.3 is 6.03 Å². The standard InChI is InChI=1S/C28H30FN3O4/c1-6-12-31-24-15-23(29)18(13-21(24)17(3)16-28(31,4)5)14-22-25(33)30-27(35)32(26(22)34)19-8-10-20(11-9-19)36-7-2/h8-11,13-16H,6-7,12H2,1-5H3,(H,30,33,35)/b22-14-. The number of nitrogens with zero attached hydrogens (tertiary/aromatic N) is 2. The summed E-state index contributed by atoms with van der Waals surface area (Å²) in [5.74, 6) is -1.67. The lowest BCUT2D eigenvalue weighted by molar-refractivity contribution is -0.122. The molecule has 2 heterocycles. The van der Waals surface area contributed by atoms with Gasteiger partial charge in [0.25, 0.3) is 11.8 Å². The summed E-state index contributed by atoms with van der Waals surface area (Å²) in [7, 11) is 0. The van der Waals surface area contributed by atoms with Crippen molar-refractivity contribution in [3.8, 4) is 5.75 Å². The van der Waals surface area contributed by atoms with E-state index in [0.29, 0.717) is 12.4 Å². The fourth-order valence-corrected chi connectivity index (χ4v) is 4.76. The molecule has 2 aromatic carbocycles. The fourth-order valence-electron chi connectivity index (χ4n) is 4.76. The van der Waals surface area contributed by atoms with Crippen molar-refractivity contribution in [3.63, 3.8) is 0 Å². The number of barbiturate groups is 1. The summed E-state index contributed by atoms with van der Waals surface area (Å²) in [6, 6.07) is 8.59. The third kappa shape index (κ3) is 4.51. The number of nitrogens with one attached hydrogen (secondary N) is 1. The Morgan fingerprint density at radius 1 is 1.08 bits per heavy atom. The van der Waals surface area contributed by atoms with Crippen LogP contribution in [0.2, 0.25) is 0 Å². The number of amides is 4. The maximum absolute atomic E-state index is 15.4. The number of carbonyl (C=O) groups is 3. The number of hydrogen-bond donors (Lipinski definition) is 1. The maximum atomic E-state index is 15.4. The smallest absolute Gasteiger partial charge is 0.335 e. The molecular weight excluding hydrogens is 461 g/mol. The van der Waals surface area contributed by atoms with E-state index in [4.69, 9.17) is 4.74 Å². The lowest BCUT2D eigenvalue weighted by Gasteiger charge is -2.43. The van der Waals surface area contributed by atoms with Crippen molar-refractivity contribution in [2.45, 2.75) is 46.6 Å². The molecule has 2 aromatic rings. The van der Waals surface area contributed by atoms with Gasteiger partial charge in [-0.25, -0.2) is 14.1 Å². The molecule has 0 bridgehead atoms. The largest absolute Gasteiger partial charge is 0.494 e. The van der Waals surface area contributed by atoms with Gasteiger partial charge in [-0.3, -0.25) is 14.9 Å². The number of ether oxygens (including phenoxy) is 1. The predicted molar refractivity (Wildman–Crippen MR) is 138 cm³/mol. The van der Waals surface area contributed by atoms with Crippen LogP contribution in [0.15, 0.2) is 48.0 Å². The summed E-state index contributed by atoms with van der Waals surface area (Å²) in [5, 5.41) is 2.18. The predicted octanol–water partition coefficient (Wildman–Crippen LogP) is 5.30. The van der Waals surface area contributed by atoms with Gasteiger partial charge in [0.15, 0.2) is 0 Å². The Bertz CT molecular complexity index is 1290. The van der Waals surface area contributed by atoms with Crippen molar-refractivity contribution < 1.29 is 23.5 Å². The molecule has 0 unspecified atom stereocenters. The van der Waals surface area contributed by atoms with Crippen LogP contribution in [-0.2, 0) is 9.59 Å². The van der Waals surface area contributed by atoms with E-state index in [2.05, 4.69) is 37.1 Å². The molecule has 1 fully saturated rings. The summed E-state index contributed by atoms with van der Waals surface area (Å²) < 4.78 is 20.8. The topological polar surface area (TPSA) is 79.0 Å². The van der Waals surface area contributed by atoms with Gasteiger partial charge in [-0.05, 0) is 82.2 Å². The van der Waals surface area contributed by atoms with Crippen LogP contribution >= 0.6 is 0 Å². The quantitative estimate of drug-likeness (QED) is 0.438. The zero-order valence-corrected chi connectivity index (χ0v) is 21.1. The van der Waals surface area contributed by atoms with Crippen LogP contribution < -0.4 is 19.9 Å². The third-order valence-corrected chi connectivity index (χ3v) is 6.35. The molecule has 2 aliphatic rings. The molecule has 0 aliphatic carbocycles. The van der Waals surface area contributed by atoms with Crippen molar-refractivity contribution in [2.75, 3.05) is 23.0 Å². The van der Waals surface area contributed by atoms with Gasteiger partial charge in [0.05, 0.1) is 17.8 Å². The second-order valence-corrected chi connectivity index (χ2v) is 9.41. The van der Waals surface area contributed by atoms with Crippen LogP contribution in [0.25, 0.3) is 11.6 Å². The monoisotopic (exact) mass is 491 g/mol. The van der Waals surface area contributed by atoms with Crippen LogP contribution in [-0.4, -0.2) is 36.5 Å². The minimum absolute atomic E-state index is 0.0946. The number of imide groups is 2. The number of urea groups is 1. The average molecular weight is 492 g/mol. The molecule has 4 rings (SSSR count). The minimum Gasteiger partial charge on any atom is -0.494 e. The van der Waals surface area contributed by atoms with Crippen LogP contribution in [0.5, 0.6) is 5.75 Å². The highest BCUT2D eigenvalue weighted by atomic mass is 19.1. The second kappa shape index (κ2) is 9.60. The van der Waals surface area contributed by atoms with Crippen molar-refractivity contribution in [1.29, 1.82) is 0 Å². The summed E-state index contributed by atoms with van der Waals surface area (Å²) in [6.45, 7) is 11.3. The molecule has 0 atom stereocenters. The number of fused-ring (bicyclic) bond motifs is 1. The number of hydrogen-bond acceptors (Lipinski definition) is 5. The maximum Gasteiger partial charge on any atom is 0.335 e. The van der Waals surface area contributed by atoms with Gasteiger partial charge in [-0.15, -0.1) is 0 Å². The molecule has 188 valence electrons. The Hall–Kier alpha value is -3.94. The van der Waals surface area contributed by atoms with E-state index < -0.39 is 23.7 Å². The first-order valence-corrected chi connectivity index (χ1v) is 12.0. The van der Waals surface area contributed by atoms with Crippen LogP contribution in [0.3, 0.4) is 0 Å². The lowest BCUT2D eigenvalue weighted by Crippen LogP contribution is -2.54. The summed E-state index contributed by atoms with van der Waals surface area (Å²) in [6.07, 6.45) is 4.23. The highest BCUT2D eigenvalue weighted by Gasteiger charge is 2.37. The van der Waals surface area contributed by atoms with E-state index in [1.807, 2.05) is 13.8 Å². The zero-order chi connectivity index (χ0) is 26.2. The molecule has 36 heavy (non-hydrogen) atoms. The van der Waals surface area contributed by atoms with E-state index in [-0.39, 0.29) is 22.4 Å². The molecule has 7 nitrogen and oxygen atoms in total. The van der Waals surface area contributed by atoms with Crippen LogP contribution in [0, 0.1) is 5.82 Å². The Labute approximate surface area is 210 Å². The highest BCUT2D eigenvalue weighted by Crippen LogP contribution is 2.40. The Morgan fingerprint density at radius 3 is 2.42 bits per heavy atom. The number of rotatable bonds is 6. The normalized spacial score (nSPS) is 18.2. The Morgan fingerprint density at radius 2 is 1.78 bits per heavy atom. The Balaban J connectivity index is 1.74. The summed E-state index contributed by atoms with van der Waals surface area (Å²) in [4.78, 5) is 41.4. The van der Waals surface area contributed by atoms with E-state index in [9.17, 15) is 14.4 Å². The number of anilines is 2. The van der Waals surface area contributed by atoms with Gasteiger partial charge in [-0.2, -0.15) is 0 Å². The molecule has 1 N–H and O–H groups in total. The molecule has 0 spiro atoms. The zero-order valence-electron chi connectivity index (χ0n) is 21.1. The summed E-state index contributed by atoms with van der Waals surface area (Å²) >= 11 is 0. The molecule has 4 amide bonds. The van der Waals surface area contributed by atoms with E-state index in [0.717, 1.165) is 34.7 Å². The minimum atomic E-state index is -0.870. The first-order chi connectivity index (χ1) is 17.1. The van der Waals surface area contributed by atoms with Crippen molar-refractivity contribution >= 4 is 40.9 Å². The van der Waals surface area contributed by atoms with Gasteiger partial charge in [0.1, 0.15) is 17.1 Å². The number of carbonyl (C=O) groups excluding carboxylic acids is 3. The molecule has 0 radical (unpaired) electrons. The molecule has 8 heteroatoms. The van der Waals surface area contributed by atoms with E-state index in [1.165, 1.54) is 12.1 Å². The first kappa shape index (κ1) is 25.2. The number of allylic oxidation sites excluding steroid dienone is 1. The van der Waals surface area contributed by atoms with Gasteiger partial charge in [0.2, 0.25) is 0 Å². The SMILES string of the molecule is CCCN1c2cc(F)c(/C=C3/C(=O)NC(=O)N(c4ccc(OCC)cc4)C3=O)cc2C(C)=CC1(C)C. The van der Waals surface area contributed by atoms with Crippen molar-refractivity contribution in [3.05, 3.63) is 65.0 Å². The van der Waals surface area contributed by atoms with E-state index >= 15 is 4.39 Å². The van der Waals surface area contributed by atoms with E-state index in [1.54, 1.807) is 30.3 Å². The molecule has 2 aliphatic heterocycles. The second-order valence-electron chi connectivity index (χ2n) is 9.41. The van der Waals surface area contributed by atoms with Crippen LogP contribution in [0.1, 0.15) is 52.2 Å².